The Hall–Kier alpha value is -0.790. The summed E-state index contributed by atoms with van der Waals surface area (Å²) in [5.74, 6) is 1.97. The van der Waals surface area contributed by atoms with E-state index in [0.717, 1.165) is 18.5 Å². The lowest BCUT2D eigenvalue weighted by Gasteiger charge is -2.28. The summed E-state index contributed by atoms with van der Waals surface area (Å²) in [7, 11) is 0. The highest BCUT2D eigenvalue weighted by Crippen LogP contribution is 2.32. The fourth-order valence-electron chi connectivity index (χ4n) is 1.82. The van der Waals surface area contributed by atoms with Gasteiger partial charge in [-0.3, -0.25) is 0 Å². The summed E-state index contributed by atoms with van der Waals surface area (Å²) in [5.41, 5.74) is 0. The standard InChI is InChI=1S/C11H18O2/c1-4-13-11-6-8(2)10(7-12)5-9(11)3/h6-10H,4-5H2,1-3H3. The molecular formula is C11H18O2. The van der Waals surface area contributed by atoms with Crippen molar-refractivity contribution in [3.63, 3.8) is 0 Å². The van der Waals surface area contributed by atoms with Gasteiger partial charge in [0.1, 0.15) is 6.29 Å². The van der Waals surface area contributed by atoms with Crippen LogP contribution in [0.1, 0.15) is 27.2 Å². The van der Waals surface area contributed by atoms with E-state index >= 15 is 0 Å². The van der Waals surface area contributed by atoms with Gasteiger partial charge in [0.15, 0.2) is 0 Å². The van der Waals surface area contributed by atoms with Crippen LogP contribution >= 0.6 is 0 Å². The Kier molecular flexibility index (Phi) is 3.52. The van der Waals surface area contributed by atoms with Gasteiger partial charge >= 0.3 is 0 Å². The van der Waals surface area contributed by atoms with Gasteiger partial charge in [-0.05, 0) is 25.3 Å². The highest BCUT2D eigenvalue weighted by atomic mass is 16.5. The molecule has 0 aliphatic heterocycles. The molecule has 3 atom stereocenters. The van der Waals surface area contributed by atoms with E-state index in [4.69, 9.17) is 4.74 Å². The molecule has 3 unspecified atom stereocenters. The molecule has 0 saturated carbocycles. The monoisotopic (exact) mass is 182 g/mol. The SMILES string of the molecule is CCOC1=CC(C)C(C=O)CC1C. The van der Waals surface area contributed by atoms with Gasteiger partial charge in [0, 0.05) is 11.8 Å². The molecule has 1 aliphatic carbocycles. The van der Waals surface area contributed by atoms with Crippen molar-refractivity contribution in [3.05, 3.63) is 11.8 Å². The first-order valence-corrected chi connectivity index (χ1v) is 4.98. The summed E-state index contributed by atoms with van der Waals surface area (Å²) >= 11 is 0. The molecule has 0 heterocycles. The molecule has 1 aliphatic rings. The lowest BCUT2D eigenvalue weighted by atomic mass is 9.80. The predicted octanol–water partition coefficient (Wildman–Crippen LogP) is 2.40. The Balaban J connectivity index is 2.70. The van der Waals surface area contributed by atoms with E-state index < -0.39 is 0 Å². The molecule has 0 aromatic heterocycles. The van der Waals surface area contributed by atoms with Crippen molar-refractivity contribution in [2.24, 2.45) is 17.8 Å². The zero-order valence-electron chi connectivity index (χ0n) is 8.62. The van der Waals surface area contributed by atoms with Crippen LogP contribution in [0.4, 0.5) is 0 Å². The number of carbonyl (C=O) groups excluding carboxylic acids is 1. The smallest absolute Gasteiger partial charge is 0.123 e. The summed E-state index contributed by atoms with van der Waals surface area (Å²) < 4.78 is 5.50. The van der Waals surface area contributed by atoms with Crippen molar-refractivity contribution in [1.82, 2.24) is 0 Å². The zero-order chi connectivity index (χ0) is 9.84. The highest BCUT2D eigenvalue weighted by molar-refractivity contribution is 5.55. The number of aldehydes is 1. The van der Waals surface area contributed by atoms with Crippen LogP contribution in [0, 0.1) is 17.8 Å². The van der Waals surface area contributed by atoms with E-state index in [-0.39, 0.29) is 5.92 Å². The van der Waals surface area contributed by atoms with Gasteiger partial charge < -0.3 is 9.53 Å². The fraction of sp³-hybridized carbons (Fsp3) is 0.727. The summed E-state index contributed by atoms with van der Waals surface area (Å²) in [6.07, 6.45) is 4.09. The van der Waals surface area contributed by atoms with E-state index in [1.54, 1.807) is 0 Å². The Morgan fingerprint density at radius 1 is 1.62 bits per heavy atom. The first-order valence-electron chi connectivity index (χ1n) is 4.98. The van der Waals surface area contributed by atoms with Gasteiger partial charge in [0.25, 0.3) is 0 Å². The van der Waals surface area contributed by atoms with Gasteiger partial charge in [-0.2, -0.15) is 0 Å². The molecule has 1 rings (SSSR count). The molecule has 0 bridgehead atoms. The largest absolute Gasteiger partial charge is 0.498 e. The lowest BCUT2D eigenvalue weighted by Crippen LogP contribution is -2.23. The fourth-order valence-corrected chi connectivity index (χ4v) is 1.82. The van der Waals surface area contributed by atoms with Gasteiger partial charge in [-0.1, -0.05) is 13.8 Å². The summed E-state index contributed by atoms with van der Waals surface area (Å²) in [6, 6.07) is 0. The molecule has 2 nitrogen and oxygen atoms in total. The van der Waals surface area contributed by atoms with Gasteiger partial charge in [0.05, 0.1) is 12.4 Å². The molecule has 0 spiro atoms. The zero-order valence-corrected chi connectivity index (χ0v) is 8.62. The normalized spacial score (nSPS) is 33.8. The van der Waals surface area contributed by atoms with Crippen LogP contribution in [0.25, 0.3) is 0 Å². The van der Waals surface area contributed by atoms with Gasteiger partial charge in [0.2, 0.25) is 0 Å². The predicted molar refractivity (Wildman–Crippen MR) is 52.2 cm³/mol. The van der Waals surface area contributed by atoms with Crippen LogP contribution in [0.15, 0.2) is 11.8 Å². The number of rotatable bonds is 3. The number of hydrogen-bond acceptors (Lipinski definition) is 2. The van der Waals surface area contributed by atoms with Crippen molar-refractivity contribution in [2.75, 3.05) is 6.61 Å². The first-order chi connectivity index (χ1) is 6.19. The topological polar surface area (TPSA) is 26.3 Å². The second-order valence-electron chi connectivity index (χ2n) is 3.80. The number of carbonyl (C=O) groups is 1. The highest BCUT2D eigenvalue weighted by Gasteiger charge is 2.26. The minimum atomic E-state index is 0.180. The van der Waals surface area contributed by atoms with Gasteiger partial charge in [-0.25, -0.2) is 0 Å². The Morgan fingerprint density at radius 2 is 2.31 bits per heavy atom. The summed E-state index contributed by atoms with van der Waals surface area (Å²) in [4.78, 5) is 10.7. The molecule has 0 saturated heterocycles. The van der Waals surface area contributed by atoms with Crippen LogP contribution in [0.5, 0.6) is 0 Å². The van der Waals surface area contributed by atoms with Crippen LogP contribution in [0.2, 0.25) is 0 Å². The maximum absolute atomic E-state index is 10.7. The van der Waals surface area contributed by atoms with Crippen LogP contribution < -0.4 is 0 Å². The molecule has 0 amide bonds. The molecular weight excluding hydrogens is 164 g/mol. The molecule has 74 valence electrons. The second kappa shape index (κ2) is 4.45. The van der Waals surface area contributed by atoms with E-state index in [1.807, 2.05) is 6.92 Å². The minimum Gasteiger partial charge on any atom is -0.498 e. The summed E-state index contributed by atoms with van der Waals surface area (Å²) in [6.45, 7) is 6.90. The van der Waals surface area contributed by atoms with Crippen molar-refractivity contribution < 1.29 is 9.53 Å². The van der Waals surface area contributed by atoms with E-state index in [1.165, 1.54) is 0 Å². The molecule has 0 aromatic rings. The van der Waals surface area contributed by atoms with Crippen molar-refractivity contribution in [2.45, 2.75) is 27.2 Å². The number of hydrogen-bond donors (Lipinski definition) is 0. The van der Waals surface area contributed by atoms with Crippen LogP contribution in [0.3, 0.4) is 0 Å². The van der Waals surface area contributed by atoms with E-state index in [0.29, 0.717) is 18.4 Å². The van der Waals surface area contributed by atoms with Crippen molar-refractivity contribution >= 4 is 6.29 Å². The molecule has 0 fully saturated rings. The van der Waals surface area contributed by atoms with Gasteiger partial charge in [-0.15, -0.1) is 0 Å². The van der Waals surface area contributed by atoms with E-state index in [9.17, 15) is 4.79 Å². The maximum Gasteiger partial charge on any atom is 0.123 e. The summed E-state index contributed by atoms with van der Waals surface area (Å²) in [5, 5.41) is 0. The Labute approximate surface area is 80.0 Å². The average molecular weight is 182 g/mol. The number of allylic oxidation sites excluding steroid dienone is 2. The van der Waals surface area contributed by atoms with Crippen molar-refractivity contribution in [3.8, 4) is 0 Å². The third-order valence-electron chi connectivity index (χ3n) is 2.70. The maximum atomic E-state index is 10.7. The number of ether oxygens (including phenoxy) is 1. The lowest BCUT2D eigenvalue weighted by molar-refractivity contribution is -0.112. The third kappa shape index (κ3) is 2.33. The quantitative estimate of drug-likeness (QED) is 0.626. The molecule has 0 aromatic carbocycles. The molecule has 2 heteroatoms. The minimum absolute atomic E-state index is 0.180. The third-order valence-corrected chi connectivity index (χ3v) is 2.70. The van der Waals surface area contributed by atoms with E-state index in [2.05, 4.69) is 19.9 Å². The first kappa shape index (κ1) is 10.3. The molecule has 0 radical (unpaired) electrons. The second-order valence-corrected chi connectivity index (χ2v) is 3.80. The van der Waals surface area contributed by atoms with Crippen molar-refractivity contribution in [1.29, 1.82) is 0 Å². The Morgan fingerprint density at radius 3 is 2.85 bits per heavy atom. The molecule has 0 N–H and O–H groups in total. The molecule has 13 heavy (non-hydrogen) atoms. The van der Waals surface area contributed by atoms with Crippen LogP contribution in [-0.2, 0) is 9.53 Å². The Bertz CT molecular complexity index is 208. The van der Waals surface area contributed by atoms with Crippen LogP contribution in [-0.4, -0.2) is 12.9 Å². The average Bonchev–Trinajstić information content (AvgIpc) is 2.11.